The van der Waals surface area contributed by atoms with Gasteiger partial charge < -0.3 is 15.4 Å². The molecule has 0 radical (unpaired) electrons. The zero-order chi connectivity index (χ0) is 13.5. The number of carbonyl (C=O) groups is 1. The first-order valence-corrected chi connectivity index (χ1v) is 7.00. The molecule has 4 heteroatoms. The van der Waals surface area contributed by atoms with E-state index in [1.165, 1.54) is 12.8 Å². The third-order valence-corrected chi connectivity index (χ3v) is 4.18. The van der Waals surface area contributed by atoms with Gasteiger partial charge in [-0.2, -0.15) is 0 Å². The molecule has 2 aliphatic rings. The quantitative estimate of drug-likeness (QED) is 0.780. The normalized spacial score (nSPS) is 33.4. The molecule has 0 aromatic carbocycles. The van der Waals surface area contributed by atoms with Gasteiger partial charge in [0, 0.05) is 19.1 Å². The third kappa shape index (κ3) is 2.97. The molecule has 1 saturated heterocycles. The van der Waals surface area contributed by atoms with Crippen LogP contribution in [-0.4, -0.2) is 35.7 Å². The molecule has 0 aromatic rings. The van der Waals surface area contributed by atoms with E-state index in [1.54, 1.807) is 0 Å². The van der Waals surface area contributed by atoms with Crippen LogP contribution in [0.3, 0.4) is 0 Å². The number of ether oxygens (including phenoxy) is 1. The zero-order valence-electron chi connectivity index (χ0n) is 12.0. The number of rotatable bonds is 1. The summed E-state index contributed by atoms with van der Waals surface area (Å²) in [7, 11) is 0. The number of nitrogens with two attached hydrogens (primary N) is 1. The SMILES string of the molecule is CC(N)C1CC2CN(C(=O)OC(C)(C)C)CC2C1. The highest BCUT2D eigenvalue weighted by molar-refractivity contribution is 5.68. The lowest BCUT2D eigenvalue weighted by molar-refractivity contribution is 0.0277. The first kappa shape index (κ1) is 13.7. The lowest BCUT2D eigenvalue weighted by Gasteiger charge is -2.25. The molecule has 18 heavy (non-hydrogen) atoms. The summed E-state index contributed by atoms with van der Waals surface area (Å²) < 4.78 is 5.42. The van der Waals surface area contributed by atoms with E-state index < -0.39 is 5.60 Å². The Morgan fingerprint density at radius 3 is 2.17 bits per heavy atom. The minimum Gasteiger partial charge on any atom is -0.444 e. The van der Waals surface area contributed by atoms with Gasteiger partial charge in [-0.15, -0.1) is 0 Å². The van der Waals surface area contributed by atoms with Crippen LogP contribution in [0.25, 0.3) is 0 Å². The molecule has 0 aromatic heterocycles. The molecule has 1 aliphatic heterocycles. The Kier molecular flexibility index (Phi) is 3.58. The Morgan fingerprint density at radius 1 is 1.28 bits per heavy atom. The minimum atomic E-state index is -0.400. The molecule has 3 atom stereocenters. The summed E-state index contributed by atoms with van der Waals surface area (Å²) in [4.78, 5) is 13.9. The Bertz CT molecular complexity index is 308. The predicted octanol–water partition coefficient (Wildman–Crippen LogP) is 2.23. The summed E-state index contributed by atoms with van der Waals surface area (Å²) in [6, 6.07) is 0.283. The van der Waals surface area contributed by atoms with Crippen LogP contribution in [0.5, 0.6) is 0 Å². The Hall–Kier alpha value is -0.770. The van der Waals surface area contributed by atoms with Crippen LogP contribution in [0.2, 0.25) is 0 Å². The summed E-state index contributed by atoms with van der Waals surface area (Å²) in [6.45, 7) is 9.53. The van der Waals surface area contributed by atoms with Crippen molar-refractivity contribution in [1.82, 2.24) is 4.90 Å². The first-order chi connectivity index (χ1) is 8.26. The van der Waals surface area contributed by atoms with E-state index in [2.05, 4.69) is 6.92 Å². The maximum Gasteiger partial charge on any atom is 0.410 e. The fourth-order valence-electron chi connectivity index (χ4n) is 3.25. The van der Waals surface area contributed by atoms with Crippen molar-refractivity contribution in [3.8, 4) is 0 Å². The summed E-state index contributed by atoms with van der Waals surface area (Å²) in [5.41, 5.74) is 5.57. The van der Waals surface area contributed by atoms with Gasteiger partial charge in [0.25, 0.3) is 0 Å². The van der Waals surface area contributed by atoms with Crippen LogP contribution in [0.15, 0.2) is 0 Å². The molecule has 1 aliphatic carbocycles. The highest BCUT2D eigenvalue weighted by Crippen LogP contribution is 2.42. The largest absolute Gasteiger partial charge is 0.444 e. The van der Waals surface area contributed by atoms with E-state index >= 15 is 0 Å². The minimum absolute atomic E-state index is 0.158. The number of fused-ring (bicyclic) bond motifs is 1. The first-order valence-electron chi connectivity index (χ1n) is 7.00. The van der Waals surface area contributed by atoms with Crippen molar-refractivity contribution in [3.63, 3.8) is 0 Å². The van der Waals surface area contributed by atoms with Gasteiger partial charge in [-0.05, 0) is 58.3 Å². The van der Waals surface area contributed by atoms with Crippen LogP contribution in [0.4, 0.5) is 4.79 Å². The third-order valence-electron chi connectivity index (χ3n) is 4.18. The van der Waals surface area contributed by atoms with Crippen molar-refractivity contribution < 1.29 is 9.53 Å². The lowest BCUT2D eigenvalue weighted by Crippen LogP contribution is -2.36. The molecule has 1 heterocycles. The van der Waals surface area contributed by atoms with Crippen LogP contribution >= 0.6 is 0 Å². The van der Waals surface area contributed by atoms with E-state index in [-0.39, 0.29) is 12.1 Å². The van der Waals surface area contributed by atoms with Gasteiger partial charge in [0.1, 0.15) is 5.60 Å². The standard InChI is InChI=1S/C14H26N2O2/c1-9(15)10-5-11-7-16(8-12(11)6-10)13(17)18-14(2,3)4/h9-12H,5-8,15H2,1-4H3. The van der Waals surface area contributed by atoms with Gasteiger partial charge in [-0.25, -0.2) is 4.79 Å². The molecular weight excluding hydrogens is 228 g/mol. The number of hydrogen-bond donors (Lipinski definition) is 1. The van der Waals surface area contributed by atoms with E-state index in [1.807, 2.05) is 25.7 Å². The summed E-state index contributed by atoms with van der Waals surface area (Å²) in [5, 5.41) is 0. The second-order valence-electron chi connectivity index (χ2n) is 7.00. The number of carbonyl (C=O) groups excluding carboxylic acids is 1. The van der Waals surface area contributed by atoms with Crippen LogP contribution < -0.4 is 5.73 Å². The topological polar surface area (TPSA) is 55.6 Å². The van der Waals surface area contributed by atoms with Crippen molar-refractivity contribution in [1.29, 1.82) is 0 Å². The second kappa shape index (κ2) is 4.72. The van der Waals surface area contributed by atoms with Crippen molar-refractivity contribution >= 4 is 6.09 Å². The summed E-state index contributed by atoms with van der Waals surface area (Å²) in [5.74, 6) is 1.91. The smallest absolute Gasteiger partial charge is 0.410 e. The van der Waals surface area contributed by atoms with E-state index in [0.717, 1.165) is 13.1 Å². The van der Waals surface area contributed by atoms with Crippen LogP contribution in [0, 0.1) is 17.8 Å². The molecule has 4 nitrogen and oxygen atoms in total. The molecule has 2 fully saturated rings. The van der Waals surface area contributed by atoms with Gasteiger partial charge in [-0.1, -0.05) is 0 Å². The maximum absolute atomic E-state index is 12.0. The lowest BCUT2D eigenvalue weighted by atomic mass is 9.98. The predicted molar refractivity (Wildman–Crippen MR) is 71.2 cm³/mol. The summed E-state index contributed by atoms with van der Waals surface area (Å²) in [6.07, 6.45) is 2.18. The molecule has 104 valence electrons. The molecule has 1 saturated carbocycles. The Labute approximate surface area is 110 Å². The highest BCUT2D eigenvalue weighted by atomic mass is 16.6. The van der Waals surface area contributed by atoms with E-state index in [0.29, 0.717) is 17.8 Å². The molecule has 1 amide bonds. The average molecular weight is 254 g/mol. The molecular formula is C14H26N2O2. The van der Waals surface area contributed by atoms with E-state index in [9.17, 15) is 4.79 Å². The fraction of sp³-hybridized carbons (Fsp3) is 0.929. The van der Waals surface area contributed by atoms with Gasteiger partial charge in [0.05, 0.1) is 0 Å². The van der Waals surface area contributed by atoms with Gasteiger partial charge >= 0.3 is 6.09 Å². The molecule has 2 N–H and O–H groups in total. The molecule has 0 bridgehead atoms. The second-order valence-corrected chi connectivity index (χ2v) is 7.00. The summed E-state index contributed by atoms with van der Waals surface area (Å²) >= 11 is 0. The molecule has 0 spiro atoms. The zero-order valence-corrected chi connectivity index (χ0v) is 12.0. The Balaban J connectivity index is 1.87. The van der Waals surface area contributed by atoms with Crippen molar-refractivity contribution in [2.75, 3.05) is 13.1 Å². The monoisotopic (exact) mass is 254 g/mol. The van der Waals surface area contributed by atoms with Crippen molar-refractivity contribution in [3.05, 3.63) is 0 Å². The number of amides is 1. The van der Waals surface area contributed by atoms with Gasteiger partial charge in [-0.3, -0.25) is 0 Å². The Morgan fingerprint density at radius 2 is 1.78 bits per heavy atom. The van der Waals surface area contributed by atoms with Gasteiger partial charge in [0.2, 0.25) is 0 Å². The maximum atomic E-state index is 12.0. The fourth-order valence-corrected chi connectivity index (χ4v) is 3.25. The van der Waals surface area contributed by atoms with Crippen LogP contribution in [-0.2, 0) is 4.74 Å². The highest BCUT2D eigenvalue weighted by Gasteiger charge is 2.43. The average Bonchev–Trinajstić information content (AvgIpc) is 2.69. The number of hydrogen-bond acceptors (Lipinski definition) is 3. The number of likely N-dealkylation sites (tertiary alicyclic amines) is 1. The van der Waals surface area contributed by atoms with E-state index in [4.69, 9.17) is 10.5 Å². The van der Waals surface area contributed by atoms with Crippen molar-refractivity contribution in [2.24, 2.45) is 23.5 Å². The molecule has 2 rings (SSSR count). The molecule has 3 unspecified atom stereocenters. The van der Waals surface area contributed by atoms with Crippen LogP contribution in [0.1, 0.15) is 40.5 Å². The van der Waals surface area contributed by atoms with Crippen molar-refractivity contribution in [2.45, 2.75) is 52.2 Å². The van der Waals surface area contributed by atoms with Gasteiger partial charge in [0.15, 0.2) is 0 Å². The number of nitrogens with zero attached hydrogens (tertiary/aromatic N) is 1.